The number of rotatable bonds is 5. The molecule has 0 unspecified atom stereocenters. The highest BCUT2D eigenvalue weighted by Crippen LogP contribution is 2.25. The Kier molecular flexibility index (Phi) is 5.61. The first-order valence-electron chi connectivity index (χ1n) is 7.49. The highest BCUT2D eigenvalue weighted by atomic mass is 35.5. The van der Waals surface area contributed by atoms with Crippen molar-refractivity contribution in [1.82, 2.24) is 9.66 Å². The van der Waals surface area contributed by atoms with Gasteiger partial charge in [-0.3, -0.25) is 14.7 Å². The van der Waals surface area contributed by atoms with Crippen molar-refractivity contribution in [2.24, 2.45) is 0 Å². The third-order valence-corrected chi connectivity index (χ3v) is 3.70. The van der Waals surface area contributed by atoms with Crippen LogP contribution in [-0.2, 0) is 6.42 Å². The van der Waals surface area contributed by atoms with Crippen molar-refractivity contribution < 1.29 is 0 Å². The molecule has 0 saturated carbocycles. The second-order valence-electron chi connectivity index (χ2n) is 5.18. The molecule has 0 amide bonds. The van der Waals surface area contributed by atoms with Gasteiger partial charge in [0.05, 0.1) is 23.7 Å². The van der Waals surface area contributed by atoms with Gasteiger partial charge < -0.3 is 0 Å². The zero-order chi connectivity index (χ0) is 15.4. The van der Waals surface area contributed by atoms with Crippen LogP contribution >= 0.6 is 12.4 Å². The largest absolute Gasteiger partial charge is 0.281 e. The Balaban J connectivity index is 0.00000192. The number of benzene rings is 1. The molecule has 23 heavy (non-hydrogen) atoms. The van der Waals surface area contributed by atoms with Gasteiger partial charge in [-0.25, -0.2) is 0 Å². The highest BCUT2D eigenvalue weighted by Gasteiger charge is 2.14. The van der Waals surface area contributed by atoms with Gasteiger partial charge in [0.2, 0.25) is 0 Å². The van der Waals surface area contributed by atoms with Crippen LogP contribution in [-0.4, -0.2) is 16.2 Å². The molecule has 3 aromatic rings. The maximum atomic E-state index is 9.07. The zero-order valence-corrected chi connectivity index (χ0v) is 13.8. The van der Waals surface area contributed by atoms with Crippen molar-refractivity contribution in [3.05, 3.63) is 60.6 Å². The van der Waals surface area contributed by atoms with E-state index in [1.165, 1.54) is 0 Å². The van der Waals surface area contributed by atoms with Crippen LogP contribution < -0.4 is 5.01 Å². The van der Waals surface area contributed by atoms with E-state index in [1.54, 1.807) is 12.4 Å². The summed E-state index contributed by atoms with van der Waals surface area (Å²) in [4.78, 5) is 4.10. The van der Waals surface area contributed by atoms with E-state index in [9.17, 15) is 0 Å². The minimum Gasteiger partial charge on any atom is -0.281 e. The Morgan fingerprint density at radius 2 is 1.91 bits per heavy atom. The molecule has 0 N–H and O–H groups in total. The normalized spacial score (nSPS) is 10.1. The summed E-state index contributed by atoms with van der Waals surface area (Å²) in [7, 11) is 0. The molecule has 0 aliphatic rings. The van der Waals surface area contributed by atoms with E-state index < -0.39 is 0 Å². The van der Waals surface area contributed by atoms with Crippen LogP contribution in [0.5, 0.6) is 0 Å². The minimum absolute atomic E-state index is 0. The Bertz CT molecular complexity index is 805. The van der Waals surface area contributed by atoms with Crippen molar-refractivity contribution in [3.8, 4) is 6.07 Å². The Morgan fingerprint density at radius 3 is 2.61 bits per heavy atom. The summed E-state index contributed by atoms with van der Waals surface area (Å²) in [5.74, 6) is 0. The molecule has 0 atom stereocenters. The minimum atomic E-state index is 0. The molecule has 0 aliphatic carbocycles. The molecular weight excluding hydrogens is 308 g/mol. The molecule has 4 nitrogen and oxygen atoms in total. The number of hydrogen-bond acceptors (Lipinski definition) is 3. The van der Waals surface area contributed by atoms with Gasteiger partial charge in [-0.1, -0.05) is 25.1 Å². The Hall–Kier alpha value is -2.51. The van der Waals surface area contributed by atoms with Gasteiger partial charge in [0, 0.05) is 30.5 Å². The molecule has 1 aromatic carbocycles. The first-order chi connectivity index (χ1) is 10.8. The number of aromatic nitrogens is 2. The molecule has 3 rings (SSSR count). The molecule has 0 aliphatic heterocycles. The van der Waals surface area contributed by atoms with Gasteiger partial charge in [0.15, 0.2) is 0 Å². The molecule has 0 bridgehead atoms. The van der Waals surface area contributed by atoms with E-state index in [2.05, 4.69) is 46.0 Å². The standard InChI is InChI=1S/C18H18N4.ClH/c1-2-13-21(16-8-11-20-12-9-16)22-14-15(7-10-19)17-5-3-4-6-18(17)22;/h3-6,8-9,11-12,14H,2,7,13H2,1H3;1H. The quantitative estimate of drug-likeness (QED) is 0.705. The molecule has 118 valence electrons. The number of anilines is 1. The SMILES string of the molecule is CCCN(c1ccncc1)n1cc(CC#N)c2ccccc21.Cl. The molecule has 2 aromatic heterocycles. The van der Waals surface area contributed by atoms with Gasteiger partial charge >= 0.3 is 0 Å². The lowest BCUT2D eigenvalue weighted by Gasteiger charge is -2.26. The van der Waals surface area contributed by atoms with Crippen LogP contribution in [0.25, 0.3) is 10.9 Å². The highest BCUT2D eigenvalue weighted by molar-refractivity contribution is 5.85. The summed E-state index contributed by atoms with van der Waals surface area (Å²) >= 11 is 0. The topological polar surface area (TPSA) is 44.9 Å². The predicted molar refractivity (Wildman–Crippen MR) is 95.8 cm³/mol. The average molecular weight is 327 g/mol. The van der Waals surface area contributed by atoms with Gasteiger partial charge in [0.25, 0.3) is 0 Å². The molecule has 0 saturated heterocycles. The van der Waals surface area contributed by atoms with Crippen molar-refractivity contribution in [2.75, 3.05) is 11.6 Å². The van der Waals surface area contributed by atoms with E-state index in [4.69, 9.17) is 5.26 Å². The smallest absolute Gasteiger partial charge is 0.0701 e. The molecule has 0 spiro atoms. The summed E-state index contributed by atoms with van der Waals surface area (Å²) in [6.45, 7) is 3.06. The monoisotopic (exact) mass is 326 g/mol. The first kappa shape index (κ1) is 16.9. The first-order valence-corrected chi connectivity index (χ1v) is 7.49. The van der Waals surface area contributed by atoms with Gasteiger partial charge in [-0.15, -0.1) is 12.4 Å². The molecule has 0 radical (unpaired) electrons. The molecule has 2 heterocycles. The van der Waals surface area contributed by atoms with Crippen LogP contribution in [0.4, 0.5) is 5.69 Å². The summed E-state index contributed by atoms with van der Waals surface area (Å²) in [5.41, 5.74) is 3.28. The van der Waals surface area contributed by atoms with Crippen molar-refractivity contribution in [3.63, 3.8) is 0 Å². The van der Waals surface area contributed by atoms with Crippen LogP contribution in [0.15, 0.2) is 55.0 Å². The fourth-order valence-corrected chi connectivity index (χ4v) is 2.75. The lowest BCUT2D eigenvalue weighted by atomic mass is 10.1. The molecule has 5 heteroatoms. The van der Waals surface area contributed by atoms with Gasteiger partial charge in [-0.05, 0) is 30.2 Å². The number of fused-ring (bicyclic) bond motifs is 1. The van der Waals surface area contributed by atoms with E-state index in [0.29, 0.717) is 6.42 Å². The second kappa shape index (κ2) is 7.66. The summed E-state index contributed by atoms with van der Waals surface area (Å²) in [6, 6.07) is 14.5. The predicted octanol–water partition coefficient (Wildman–Crippen LogP) is 4.20. The number of pyridine rings is 1. The maximum absolute atomic E-state index is 9.07. The summed E-state index contributed by atoms with van der Waals surface area (Å²) in [6.07, 6.45) is 7.13. The van der Waals surface area contributed by atoms with E-state index in [1.807, 2.05) is 24.3 Å². The number of halogens is 1. The number of hydrogen-bond donors (Lipinski definition) is 0. The van der Waals surface area contributed by atoms with Crippen LogP contribution in [0.1, 0.15) is 18.9 Å². The third-order valence-electron chi connectivity index (χ3n) is 3.70. The summed E-state index contributed by atoms with van der Waals surface area (Å²) in [5, 5.41) is 12.4. The fourth-order valence-electron chi connectivity index (χ4n) is 2.75. The number of para-hydroxylation sites is 1. The molecular formula is C18H19ClN4. The Morgan fingerprint density at radius 1 is 1.17 bits per heavy atom. The second-order valence-corrected chi connectivity index (χ2v) is 5.18. The zero-order valence-electron chi connectivity index (χ0n) is 13.0. The lowest BCUT2D eigenvalue weighted by Crippen LogP contribution is -2.29. The fraction of sp³-hybridized carbons (Fsp3) is 0.222. The van der Waals surface area contributed by atoms with E-state index in [0.717, 1.165) is 35.1 Å². The van der Waals surface area contributed by atoms with Crippen molar-refractivity contribution >= 4 is 29.0 Å². The Labute approximate surface area is 142 Å². The van der Waals surface area contributed by atoms with Crippen molar-refractivity contribution in [1.29, 1.82) is 5.26 Å². The van der Waals surface area contributed by atoms with Crippen molar-refractivity contribution in [2.45, 2.75) is 19.8 Å². The maximum Gasteiger partial charge on any atom is 0.0701 e. The molecule has 0 fully saturated rings. The van der Waals surface area contributed by atoms with Crippen LogP contribution in [0.3, 0.4) is 0 Å². The van der Waals surface area contributed by atoms with Crippen LogP contribution in [0.2, 0.25) is 0 Å². The van der Waals surface area contributed by atoms with Gasteiger partial charge in [0.1, 0.15) is 0 Å². The van der Waals surface area contributed by atoms with E-state index in [-0.39, 0.29) is 12.4 Å². The summed E-state index contributed by atoms with van der Waals surface area (Å²) < 4.78 is 2.15. The van der Waals surface area contributed by atoms with Crippen LogP contribution in [0, 0.1) is 11.3 Å². The number of nitrogens with zero attached hydrogens (tertiary/aromatic N) is 4. The lowest BCUT2D eigenvalue weighted by molar-refractivity contribution is 0.694. The van der Waals surface area contributed by atoms with Gasteiger partial charge in [-0.2, -0.15) is 5.26 Å². The van der Waals surface area contributed by atoms with E-state index >= 15 is 0 Å². The third kappa shape index (κ3) is 3.30. The average Bonchev–Trinajstić information content (AvgIpc) is 2.93. The number of nitriles is 1.